The molecule has 0 fully saturated rings. The fourth-order valence-corrected chi connectivity index (χ4v) is 3.18. The predicted octanol–water partition coefficient (Wildman–Crippen LogP) is 4.23. The Morgan fingerprint density at radius 2 is 1.74 bits per heavy atom. The second-order valence-electron chi connectivity index (χ2n) is 6.06. The van der Waals surface area contributed by atoms with Crippen LogP contribution < -0.4 is 5.32 Å². The molecule has 144 valence electrons. The van der Waals surface area contributed by atoms with Gasteiger partial charge in [0.05, 0.1) is 6.42 Å². The molecular weight excluding hydrogens is 390 g/mol. The third kappa shape index (κ3) is 5.44. The Hall–Kier alpha value is -2.11. The van der Waals surface area contributed by atoms with Gasteiger partial charge in [-0.3, -0.25) is 9.59 Å². The van der Waals surface area contributed by atoms with Gasteiger partial charge in [0.2, 0.25) is 11.8 Å². The number of carbonyl (C=O) groups excluding carboxylic acids is 2. The maximum Gasteiger partial charge on any atom is 0.242 e. The number of rotatable bonds is 7. The third-order valence-corrected chi connectivity index (χ3v) is 4.92. The second-order valence-corrected chi connectivity index (χ2v) is 6.87. The summed E-state index contributed by atoms with van der Waals surface area (Å²) in [5, 5.41) is 3.49. The minimum absolute atomic E-state index is 0.0457. The molecule has 1 atom stereocenters. The van der Waals surface area contributed by atoms with E-state index in [1.54, 1.807) is 50.2 Å². The predicted molar refractivity (Wildman–Crippen MR) is 105 cm³/mol. The molecular formula is C20H21Cl2FN2O2. The van der Waals surface area contributed by atoms with Crippen molar-refractivity contribution in [3.63, 3.8) is 0 Å². The van der Waals surface area contributed by atoms with E-state index in [-0.39, 0.29) is 24.4 Å². The number of nitrogens with one attached hydrogen (secondary N) is 1. The lowest BCUT2D eigenvalue weighted by molar-refractivity contribution is -0.140. The summed E-state index contributed by atoms with van der Waals surface area (Å²) < 4.78 is 14.0. The fourth-order valence-electron chi connectivity index (χ4n) is 2.66. The Morgan fingerprint density at radius 3 is 2.33 bits per heavy atom. The topological polar surface area (TPSA) is 49.4 Å². The molecule has 0 saturated carbocycles. The van der Waals surface area contributed by atoms with Gasteiger partial charge in [-0.15, -0.1) is 0 Å². The zero-order chi connectivity index (χ0) is 20.0. The molecule has 0 saturated heterocycles. The van der Waals surface area contributed by atoms with Crippen molar-refractivity contribution in [2.75, 3.05) is 6.54 Å². The summed E-state index contributed by atoms with van der Waals surface area (Å²) in [7, 11) is 0. The normalized spacial score (nSPS) is 11.7. The van der Waals surface area contributed by atoms with Crippen molar-refractivity contribution in [3.8, 4) is 0 Å². The van der Waals surface area contributed by atoms with Crippen LogP contribution in [-0.4, -0.2) is 29.3 Å². The first-order valence-electron chi connectivity index (χ1n) is 8.58. The summed E-state index contributed by atoms with van der Waals surface area (Å²) in [4.78, 5) is 26.6. The minimum Gasteiger partial charge on any atom is -0.355 e. The highest BCUT2D eigenvalue weighted by Gasteiger charge is 2.27. The molecule has 0 bridgehead atoms. The number of benzene rings is 2. The van der Waals surface area contributed by atoms with E-state index in [2.05, 4.69) is 5.32 Å². The number of amides is 2. The first-order valence-corrected chi connectivity index (χ1v) is 9.34. The van der Waals surface area contributed by atoms with Crippen molar-refractivity contribution in [1.82, 2.24) is 10.2 Å². The van der Waals surface area contributed by atoms with Crippen LogP contribution in [0.1, 0.15) is 25.0 Å². The fraction of sp³-hybridized carbons (Fsp3) is 0.300. The summed E-state index contributed by atoms with van der Waals surface area (Å²) in [5.74, 6) is -1.16. The van der Waals surface area contributed by atoms with E-state index in [0.717, 1.165) is 0 Å². The third-order valence-electron chi connectivity index (χ3n) is 4.21. The van der Waals surface area contributed by atoms with Crippen LogP contribution in [0.4, 0.5) is 4.39 Å². The lowest BCUT2D eigenvalue weighted by atomic mass is 10.1. The lowest BCUT2D eigenvalue weighted by Crippen LogP contribution is -2.48. The van der Waals surface area contributed by atoms with E-state index in [9.17, 15) is 14.0 Å². The highest BCUT2D eigenvalue weighted by atomic mass is 35.5. The molecule has 2 amide bonds. The molecule has 0 aliphatic carbocycles. The number of nitrogens with zero attached hydrogens (tertiary/aromatic N) is 1. The highest BCUT2D eigenvalue weighted by molar-refractivity contribution is 6.36. The van der Waals surface area contributed by atoms with Crippen molar-refractivity contribution in [2.45, 2.75) is 32.9 Å². The van der Waals surface area contributed by atoms with Gasteiger partial charge in [-0.25, -0.2) is 4.39 Å². The maximum atomic E-state index is 14.0. The number of hydrogen-bond acceptors (Lipinski definition) is 2. The molecule has 0 aliphatic heterocycles. The van der Waals surface area contributed by atoms with Crippen LogP contribution in [0.2, 0.25) is 10.0 Å². The van der Waals surface area contributed by atoms with Crippen molar-refractivity contribution in [1.29, 1.82) is 0 Å². The summed E-state index contributed by atoms with van der Waals surface area (Å²) in [6.07, 6.45) is -0.168. The minimum atomic E-state index is -0.767. The highest BCUT2D eigenvalue weighted by Crippen LogP contribution is 2.27. The van der Waals surface area contributed by atoms with Crippen LogP contribution in [-0.2, 0) is 22.6 Å². The Bertz CT molecular complexity index is 809. The lowest BCUT2D eigenvalue weighted by Gasteiger charge is -2.29. The Balaban J connectivity index is 2.32. The largest absolute Gasteiger partial charge is 0.355 e. The molecule has 4 nitrogen and oxygen atoms in total. The smallest absolute Gasteiger partial charge is 0.242 e. The number of hydrogen-bond donors (Lipinski definition) is 1. The van der Waals surface area contributed by atoms with Crippen LogP contribution in [0.3, 0.4) is 0 Å². The van der Waals surface area contributed by atoms with E-state index >= 15 is 0 Å². The van der Waals surface area contributed by atoms with E-state index in [4.69, 9.17) is 23.2 Å². The molecule has 1 unspecified atom stereocenters. The van der Waals surface area contributed by atoms with E-state index in [1.807, 2.05) is 0 Å². The first kappa shape index (κ1) is 21.2. The molecule has 2 rings (SSSR count). The summed E-state index contributed by atoms with van der Waals surface area (Å²) in [5.41, 5.74) is 0.805. The summed E-state index contributed by atoms with van der Waals surface area (Å²) >= 11 is 12.5. The van der Waals surface area contributed by atoms with Crippen molar-refractivity contribution in [2.24, 2.45) is 0 Å². The van der Waals surface area contributed by atoms with Gasteiger partial charge in [-0.2, -0.15) is 0 Å². The van der Waals surface area contributed by atoms with E-state index < -0.39 is 17.8 Å². The van der Waals surface area contributed by atoms with Crippen LogP contribution in [0, 0.1) is 5.82 Å². The van der Waals surface area contributed by atoms with Gasteiger partial charge in [0, 0.05) is 28.7 Å². The summed E-state index contributed by atoms with van der Waals surface area (Å²) in [6.45, 7) is 3.89. The first-order chi connectivity index (χ1) is 12.8. The molecule has 0 spiro atoms. The van der Waals surface area contributed by atoms with Crippen molar-refractivity contribution >= 4 is 35.0 Å². The monoisotopic (exact) mass is 410 g/mol. The molecule has 27 heavy (non-hydrogen) atoms. The van der Waals surface area contributed by atoms with E-state index in [0.29, 0.717) is 22.2 Å². The Labute approximate surface area is 168 Å². The van der Waals surface area contributed by atoms with Crippen molar-refractivity contribution < 1.29 is 14.0 Å². The van der Waals surface area contributed by atoms with Gasteiger partial charge in [0.15, 0.2) is 0 Å². The number of likely N-dealkylation sites (N-methyl/N-ethyl adjacent to an activating group) is 1. The molecule has 0 radical (unpaired) electrons. The van der Waals surface area contributed by atoms with Gasteiger partial charge >= 0.3 is 0 Å². The van der Waals surface area contributed by atoms with Gasteiger partial charge < -0.3 is 10.2 Å². The van der Waals surface area contributed by atoms with Gasteiger partial charge in [0.25, 0.3) is 0 Å². The molecule has 1 N–H and O–H groups in total. The standard InChI is InChI=1S/C20H21Cl2FN2O2/c1-3-24-20(27)13(2)25(12-15-16(21)8-6-9-17(15)22)19(26)11-14-7-4-5-10-18(14)23/h4-10,13H,3,11-12H2,1-2H3,(H,24,27). The molecule has 2 aromatic rings. The van der Waals surface area contributed by atoms with Crippen LogP contribution in [0.15, 0.2) is 42.5 Å². The quantitative estimate of drug-likeness (QED) is 0.742. The van der Waals surface area contributed by atoms with Crippen LogP contribution >= 0.6 is 23.2 Å². The zero-order valence-corrected chi connectivity index (χ0v) is 16.6. The van der Waals surface area contributed by atoms with Crippen LogP contribution in [0.5, 0.6) is 0 Å². The van der Waals surface area contributed by atoms with Crippen molar-refractivity contribution in [3.05, 3.63) is 69.5 Å². The van der Waals surface area contributed by atoms with Gasteiger partial charge in [-0.1, -0.05) is 47.5 Å². The van der Waals surface area contributed by atoms with Gasteiger partial charge in [0.1, 0.15) is 11.9 Å². The zero-order valence-electron chi connectivity index (χ0n) is 15.1. The second kappa shape index (κ2) is 9.72. The Kier molecular flexibility index (Phi) is 7.63. The number of carbonyl (C=O) groups is 2. The molecule has 2 aromatic carbocycles. The van der Waals surface area contributed by atoms with E-state index in [1.165, 1.54) is 11.0 Å². The Morgan fingerprint density at radius 1 is 1.11 bits per heavy atom. The average molecular weight is 411 g/mol. The maximum absolute atomic E-state index is 14.0. The number of halogens is 3. The summed E-state index contributed by atoms with van der Waals surface area (Å²) in [6, 6.07) is 10.3. The van der Waals surface area contributed by atoms with Gasteiger partial charge in [-0.05, 0) is 37.6 Å². The molecule has 7 heteroatoms. The SMILES string of the molecule is CCNC(=O)C(C)N(Cc1c(Cl)cccc1Cl)C(=O)Cc1ccccc1F. The molecule has 0 aromatic heterocycles. The molecule has 0 aliphatic rings. The van der Waals surface area contributed by atoms with Crippen LogP contribution in [0.25, 0.3) is 0 Å². The molecule has 0 heterocycles. The average Bonchev–Trinajstić information content (AvgIpc) is 2.63.